The molecule has 1 N–H and O–H groups in total. The van der Waals surface area contributed by atoms with Crippen LogP contribution < -0.4 is 14.8 Å². The smallest absolute Gasteiger partial charge is 0.287 e. The summed E-state index contributed by atoms with van der Waals surface area (Å²) in [4.78, 5) is 66.9. The van der Waals surface area contributed by atoms with E-state index in [4.69, 9.17) is 9.47 Å². The van der Waals surface area contributed by atoms with Crippen LogP contribution in [0.3, 0.4) is 0 Å². The van der Waals surface area contributed by atoms with Crippen molar-refractivity contribution < 1.29 is 33.6 Å². The van der Waals surface area contributed by atoms with E-state index in [2.05, 4.69) is 22.2 Å². The second-order valence-electron chi connectivity index (χ2n) is 10.2. The lowest BCUT2D eigenvalue weighted by atomic mass is 9.88. The number of piperidine rings is 1. The Morgan fingerprint density at radius 3 is 2.58 bits per heavy atom. The summed E-state index contributed by atoms with van der Waals surface area (Å²) in [5, 5.41) is 12.9. The molecule has 210 valence electrons. The molecule has 13 heteroatoms. The fourth-order valence-electron chi connectivity index (χ4n) is 5.10. The van der Waals surface area contributed by atoms with Crippen LogP contribution >= 0.6 is 0 Å². The van der Waals surface area contributed by atoms with Gasteiger partial charge in [0.25, 0.3) is 17.5 Å². The Balaban J connectivity index is 1.04. The second-order valence-corrected chi connectivity index (χ2v) is 10.2. The number of nitrogens with zero attached hydrogens (tertiary/aromatic N) is 4. The van der Waals surface area contributed by atoms with E-state index >= 15 is 0 Å². The van der Waals surface area contributed by atoms with Crippen LogP contribution in [0.25, 0.3) is 0 Å². The molecule has 2 aromatic rings. The molecule has 4 amide bonds. The molecule has 1 aromatic heterocycles. The Morgan fingerprint density at radius 2 is 1.88 bits per heavy atom. The van der Waals surface area contributed by atoms with Gasteiger partial charge in [0, 0.05) is 37.4 Å². The quantitative estimate of drug-likeness (QED) is 0.189. The maximum Gasteiger partial charge on any atom is 0.287 e. The van der Waals surface area contributed by atoms with E-state index < -0.39 is 34.6 Å². The highest BCUT2D eigenvalue weighted by molar-refractivity contribution is 6.23. The standard InChI is InChI=1S/C27H29N5O8/c1-30(10-2-3-11-39-24-9-4-16(15-28-24)32(37)38)17-12-19(13-17)40-18-5-6-20-21(14-18)27(36)31(26(20)35)22-7-8-23(33)29-25(22)34/h4-6,9,14-15,17,19,22H,2-3,7-8,10-13H2,1H3,(H,29,33,34)/t17-,19-,22?. The third-order valence-electron chi connectivity index (χ3n) is 7.49. The van der Waals surface area contributed by atoms with Crippen molar-refractivity contribution in [1.82, 2.24) is 20.1 Å². The molecule has 2 aliphatic heterocycles. The number of nitrogens with one attached hydrogen (secondary N) is 1. The van der Waals surface area contributed by atoms with E-state index in [0.29, 0.717) is 24.3 Å². The van der Waals surface area contributed by atoms with E-state index in [-0.39, 0.29) is 35.8 Å². The minimum atomic E-state index is -0.997. The zero-order valence-electron chi connectivity index (χ0n) is 21.9. The minimum Gasteiger partial charge on any atom is -0.490 e. The van der Waals surface area contributed by atoms with Gasteiger partial charge in [-0.2, -0.15) is 0 Å². The van der Waals surface area contributed by atoms with Crippen LogP contribution in [0.1, 0.15) is 59.2 Å². The number of hydrogen-bond acceptors (Lipinski definition) is 10. The van der Waals surface area contributed by atoms with Crippen molar-refractivity contribution >= 4 is 29.3 Å². The molecular formula is C27H29N5O8. The number of carbonyl (C=O) groups excluding carboxylic acids is 4. The molecule has 2 fully saturated rings. The van der Waals surface area contributed by atoms with Crippen molar-refractivity contribution in [3.8, 4) is 11.6 Å². The van der Waals surface area contributed by atoms with Gasteiger partial charge in [-0.1, -0.05) is 0 Å². The van der Waals surface area contributed by atoms with Gasteiger partial charge in [0.2, 0.25) is 17.7 Å². The number of unbranched alkanes of at least 4 members (excludes halogenated alkanes) is 1. The molecule has 1 saturated carbocycles. The molecule has 0 spiro atoms. The van der Waals surface area contributed by atoms with Crippen LogP contribution in [0.15, 0.2) is 36.5 Å². The summed E-state index contributed by atoms with van der Waals surface area (Å²) in [6, 6.07) is 6.98. The third kappa shape index (κ3) is 5.64. The summed E-state index contributed by atoms with van der Waals surface area (Å²) < 4.78 is 11.6. The molecule has 5 rings (SSSR count). The fraction of sp³-hybridized carbons (Fsp3) is 0.444. The number of rotatable bonds is 11. The first-order chi connectivity index (χ1) is 19.2. The van der Waals surface area contributed by atoms with Gasteiger partial charge in [0.15, 0.2) is 0 Å². The van der Waals surface area contributed by atoms with Crippen LogP contribution in [-0.2, 0) is 9.59 Å². The summed E-state index contributed by atoms with van der Waals surface area (Å²) in [7, 11) is 2.06. The van der Waals surface area contributed by atoms with Gasteiger partial charge in [0.05, 0.1) is 22.7 Å². The topological polar surface area (TPSA) is 161 Å². The first kappa shape index (κ1) is 27.2. The Bertz CT molecular complexity index is 1340. The van der Waals surface area contributed by atoms with Crippen molar-refractivity contribution in [2.24, 2.45) is 0 Å². The number of pyridine rings is 1. The zero-order valence-corrected chi connectivity index (χ0v) is 21.9. The molecule has 3 aliphatic rings. The van der Waals surface area contributed by atoms with Crippen LogP contribution in [0.5, 0.6) is 11.6 Å². The third-order valence-corrected chi connectivity index (χ3v) is 7.49. The number of nitro groups is 1. The highest BCUT2D eigenvalue weighted by atomic mass is 16.6. The number of aromatic nitrogens is 1. The van der Waals surface area contributed by atoms with Gasteiger partial charge < -0.3 is 14.4 Å². The molecule has 13 nitrogen and oxygen atoms in total. The van der Waals surface area contributed by atoms with Crippen LogP contribution in [0.2, 0.25) is 0 Å². The highest BCUT2D eigenvalue weighted by Crippen LogP contribution is 2.33. The zero-order chi connectivity index (χ0) is 28.4. The number of amides is 4. The normalized spacial score (nSPS) is 22.1. The number of imide groups is 2. The van der Waals surface area contributed by atoms with E-state index in [0.717, 1.165) is 37.1 Å². The number of hydrogen-bond donors (Lipinski definition) is 1. The summed E-state index contributed by atoms with van der Waals surface area (Å²) >= 11 is 0. The number of carbonyl (C=O) groups is 4. The van der Waals surface area contributed by atoms with Crippen molar-refractivity contribution in [1.29, 1.82) is 0 Å². The predicted molar refractivity (Wildman–Crippen MR) is 139 cm³/mol. The van der Waals surface area contributed by atoms with Gasteiger partial charge in [-0.3, -0.25) is 39.5 Å². The van der Waals surface area contributed by atoms with Crippen LogP contribution in [0.4, 0.5) is 5.69 Å². The Hall–Kier alpha value is -4.39. The Labute approximate surface area is 229 Å². The van der Waals surface area contributed by atoms with E-state index in [1.807, 2.05) is 0 Å². The second kappa shape index (κ2) is 11.4. The summed E-state index contributed by atoms with van der Waals surface area (Å²) in [5.74, 6) is -1.29. The fourth-order valence-corrected chi connectivity index (χ4v) is 5.10. The molecule has 40 heavy (non-hydrogen) atoms. The lowest BCUT2D eigenvalue weighted by molar-refractivity contribution is -0.385. The van der Waals surface area contributed by atoms with Crippen molar-refractivity contribution in [3.05, 3.63) is 57.8 Å². The largest absolute Gasteiger partial charge is 0.490 e. The van der Waals surface area contributed by atoms with Crippen molar-refractivity contribution in [3.63, 3.8) is 0 Å². The van der Waals surface area contributed by atoms with Gasteiger partial charge in [-0.15, -0.1) is 0 Å². The summed E-state index contributed by atoms with van der Waals surface area (Å²) in [6.45, 7) is 1.34. The molecule has 0 bridgehead atoms. The molecule has 1 atom stereocenters. The van der Waals surface area contributed by atoms with E-state index in [9.17, 15) is 29.3 Å². The summed E-state index contributed by atoms with van der Waals surface area (Å²) in [5.41, 5.74) is 0.348. The lowest BCUT2D eigenvalue weighted by Crippen LogP contribution is -2.54. The molecule has 3 heterocycles. The van der Waals surface area contributed by atoms with Crippen molar-refractivity contribution in [2.75, 3.05) is 20.2 Å². The van der Waals surface area contributed by atoms with Crippen LogP contribution in [0, 0.1) is 10.1 Å². The minimum absolute atomic E-state index is 0.0134. The van der Waals surface area contributed by atoms with Gasteiger partial charge in [-0.05, 0) is 51.1 Å². The van der Waals surface area contributed by atoms with Crippen molar-refractivity contribution in [2.45, 2.75) is 56.7 Å². The summed E-state index contributed by atoms with van der Waals surface area (Å²) in [6.07, 6.45) is 4.72. The highest BCUT2D eigenvalue weighted by Gasteiger charge is 2.45. The Kier molecular flexibility index (Phi) is 7.74. The number of fused-ring (bicyclic) bond motifs is 1. The average molecular weight is 552 g/mol. The monoisotopic (exact) mass is 551 g/mol. The van der Waals surface area contributed by atoms with E-state index in [1.165, 1.54) is 18.3 Å². The maximum atomic E-state index is 13.0. The van der Waals surface area contributed by atoms with Gasteiger partial charge in [-0.25, -0.2) is 4.98 Å². The van der Waals surface area contributed by atoms with Gasteiger partial charge in [0.1, 0.15) is 24.1 Å². The molecular weight excluding hydrogens is 522 g/mol. The molecule has 1 unspecified atom stereocenters. The van der Waals surface area contributed by atoms with Crippen LogP contribution in [-0.4, -0.2) is 81.7 Å². The number of ether oxygens (including phenoxy) is 2. The predicted octanol–water partition coefficient (Wildman–Crippen LogP) is 2.09. The maximum absolute atomic E-state index is 13.0. The molecule has 0 radical (unpaired) electrons. The first-order valence-corrected chi connectivity index (χ1v) is 13.2. The Morgan fingerprint density at radius 1 is 1.10 bits per heavy atom. The average Bonchev–Trinajstić information content (AvgIpc) is 3.15. The molecule has 1 aromatic carbocycles. The van der Waals surface area contributed by atoms with Gasteiger partial charge >= 0.3 is 0 Å². The first-order valence-electron chi connectivity index (χ1n) is 13.2. The van der Waals surface area contributed by atoms with E-state index in [1.54, 1.807) is 18.2 Å². The molecule has 1 saturated heterocycles. The SMILES string of the molecule is CN(CCCCOc1ccc([N+](=O)[O-])cn1)[C@H]1C[C@H](Oc2ccc3c(c2)C(=O)N(C2CCC(=O)NC2=O)C3=O)C1. The lowest BCUT2D eigenvalue weighted by Gasteiger charge is -2.41. The molecule has 1 aliphatic carbocycles. The number of benzene rings is 1.